The van der Waals surface area contributed by atoms with Crippen molar-refractivity contribution in [1.82, 2.24) is 9.78 Å². The summed E-state index contributed by atoms with van der Waals surface area (Å²) in [6.45, 7) is 1.63. The molecule has 0 radical (unpaired) electrons. The molecule has 0 aliphatic rings. The van der Waals surface area contributed by atoms with Gasteiger partial charge in [-0.1, -0.05) is 53.5 Å². The standard InChI is InChI=1S/C25H19Cl2N3O3/c1-15-23(31)22(16-7-6-10-19(13-16)33-2)24(30(29-15)18-8-4-3-5-9-18)28-25(32)20-12-11-17(26)14-21(20)27/h3-14H,1-2H3,(H,28,32). The Morgan fingerprint density at radius 1 is 1.00 bits per heavy atom. The molecule has 3 aromatic carbocycles. The molecule has 1 amide bonds. The molecular weight excluding hydrogens is 461 g/mol. The molecule has 0 spiro atoms. The van der Waals surface area contributed by atoms with Crippen molar-refractivity contribution >= 4 is 34.9 Å². The first-order valence-electron chi connectivity index (χ1n) is 9.99. The highest BCUT2D eigenvalue weighted by atomic mass is 35.5. The lowest BCUT2D eigenvalue weighted by molar-refractivity contribution is 0.102. The van der Waals surface area contributed by atoms with Gasteiger partial charge in [0.05, 0.1) is 28.9 Å². The van der Waals surface area contributed by atoms with Crippen LogP contribution >= 0.6 is 23.2 Å². The second-order valence-corrected chi connectivity index (χ2v) is 8.04. The highest BCUT2D eigenvalue weighted by Gasteiger charge is 2.22. The van der Waals surface area contributed by atoms with Gasteiger partial charge in [-0.2, -0.15) is 5.10 Å². The van der Waals surface area contributed by atoms with Crippen molar-refractivity contribution in [2.24, 2.45) is 0 Å². The fourth-order valence-corrected chi connectivity index (χ4v) is 3.90. The van der Waals surface area contributed by atoms with Crippen LogP contribution in [0.2, 0.25) is 10.0 Å². The number of nitrogens with one attached hydrogen (secondary N) is 1. The van der Waals surface area contributed by atoms with Crippen molar-refractivity contribution in [3.63, 3.8) is 0 Å². The van der Waals surface area contributed by atoms with Crippen LogP contribution in [-0.4, -0.2) is 22.8 Å². The first kappa shape index (κ1) is 22.6. The van der Waals surface area contributed by atoms with E-state index in [0.717, 1.165) is 0 Å². The summed E-state index contributed by atoms with van der Waals surface area (Å²) >= 11 is 12.2. The third kappa shape index (κ3) is 4.62. The van der Waals surface area contributed by atoms with E-state index in [0.29, 0.717) is 22.0 Å². The summed E-state index contributed by atoms with van der Waals surface area (Å²) in [7, 11) is 1.55. The minimum Gasteiger partial charge on any atom is -0.497 e. The number of aromatic nitrogens is 2. The number of nitrogens with zero attached hydrogens (tertiary/aromatic N) is 2. The van der Waals surface area contributed by atoms with Crippen LogP contribution in [0.15, 0.2) is 77.6 Å². The van der Waals surface area contributed by atoms with Crippen molar-refractivity contribution in [3.05, 3.63) is 104 Å². The molecule has 0 atom stereocenters. The van der Waals surface area contributed by atoms with Gasteiger partial charge in [-0.3, -0.25) is 9.59 Å². The van der Waals surface area contributed by atoms with E-state index in [2.05, 4.69) is 10.4 Å². The average molecular weight is 480 g/mol. The average Bonchev–Trinajstić information content (AvgIpc) is 2.82. The lowest BCUT2D eigenvalue weighted by atomic mass is 10.0. The van der Waals surface area contributed by atoms with E-state index in [4.69, 9.17) is 27.9 Å². The van der Waals surface area contributed by atoms with Crippen LogP contribution in [0, 0.1) is 6.92 Å². The summed E-state index contributed by atoms with van der Waals surface area (Å²) in [4.78, 5) is 26.5. The fraction of sp³-hybridized carbons (Fsp3) is 0.0800. The first-order chi connectivity index (χ1) is 15.9. The molecule has 0 bridgehead atoms. The Balaban J connectivity index is 1.97. The summed E-state index contributed by atoms with van der Waals surface area (Å²) in [5, 5.41) is 7.91. The molecule has 166 valence electrons. The van der Waals surface area contributed by atoms with Gasteiger partial charge in [0.15, 0.2) is 0 Å². The number of ether oxygens (including phenoxy) is 1. The second kappa shape index (κ2) is 9.48. The van der Waals surface area contributed by atoms with Crippen molar-refractivity contribution in [3.8, 4) is 22.6 Å². The number of hydrogen-bond donors (Lipinski definition) is 1. The van der Waals surface area contributed by atoms with E-state index in [9.17, 15) is 9.59 Å². The molecule has 0 saturated heterocycles. The Kier molecular flexibility index (Phi) is 6.49. The van der Waals surface area contributed by atoms with Crippen LogP contribution in [0.1, 0.15) is 16.1 Å². The molecule has 33 heavy (non-hydrogen) atoms. The van der Waals surface area contributed by atoms with Gasteiger partial charge in [0.25, 0.3) is 5.91 Å². The molecule has 0 aliphatic carbocycles. The van der Waals surface area contributed by atoms with Gasteiger partial charge in [0.1, 0.15) is 17.3 Å². The number of halogens is 2. The molecule has 4 aromatic rings. The Labute approximate surface area is 200 Å². The molecular formula is C25H19Cl2N3O3. The maximum Gasteiger partial charge on any atom is 0.258 e. The fourth-order valence-electron chi connectivity index (χ4n) is 3.41. The van der Waals surface area contributed by atoms with Crippen LogP contribution in [0.5, 0.6) is 5.75 Å². The predicted octanol–water partition coefficient (Wildman–Crippen LogP) is 5.78. The number of carbonyl (C=O) groups is 1. The minimum absolute atomic E-state index is 0.191. The number of para-hydroxylation sites is 1. The molecule has 1 heterocycles. The summed E-state index contributed by atoms with van der Waals surface area (Å²) in [5.74, 6) is 0.280. The summed E-state index contributed by atoms with van der Waals surface area (Å²) in [6, 6.07) is 20.9. The predicted molar refractivity (Wildman–Crippen MR) is 131 cm³/mol. The van der Waals surface area contributed by atoms with Gasteiger partial charge in [0, 0.05) is 5.02 Å². The van der Waals surface area contributed by atoms with Gasteiger partial charge in [-0.15, -0.1) is 0 Å². The lowest BCUT2D eigenvalue weighted by Gasteiger charge is -2.19. The highest BCUT2D eigenvalue weighted by Crippen LogP contribution is 2.30. The topological polar surface area (TPSA) is 73.2 Å². The zero-order chi connectivity index (χ0) is 23.5. The monoisotopic (exact) mass is 479 g/mol. The maximum absolute atomic E-state index is 13.3. The van der Waals surface area contributed by atoms with Crippen LogP contribution in [0.3, 0.4) is 0 Å². The zero-order valence-corrected chi connectivity index (χ0v) is 19.3. The van der Waals surface area contributed by atoms with Gasteiger partial charge >= 0.3 is 0 Å². The number of aryl methyl sites for hydroxylation is 1. The first-order valence-corrected chi connectivity index (χ1v) is 10.7. The summed E-state index contributed by atoms with van der Waals surface area (Å²) in [6.07, 6.45) is 0. The van der Waals surface area contributed by atoms with Gasteiger partial charge in [-0.25, -0.2) is 4.68 Å². The molecule has 4 rings (SSSR count). The van der Waals surface area contributed by atoms with Crippen molar-refractivity contribution < 1.29 is 9.53 Å². The zero-order valence-electron chi connectivity index (χ0n) is 17.8. The van der Waals surface area contributed by atoms with Crippen molar-refractivity contribution in [2.75, 3.05) is 12.4 Å². The van der Waals surface area contributed by atoms with Gasteiger partial charge in [0.2, 0.25) is 5.43 Å². The molecule has 1 N–H and O–H groups in total. The van der Waals surface area contributed by atoms with E-state index >= 15 is 0 Å². The second-order valence-electron chi connectivity index (χ2n) is 7.20. The Morgan fingerprint density at radius 3 is 2.45 bits per heavy atom. The van der Waals surface area contributed by atoms with Gasteiger partial charge in [-0.05, 0) is 55.0 Å². The number of benzene rings is 3. The Morgan fingerprint density at radius 2 is 1.76 bits per heavy atom. The molecule has 8 heteroatoms. The van der Waals surface area contributed by atoms with E-state index in [-0.39, 0.29) is 33.1 Å². The van der Waals surface area contributed by atoms with Gasteiger partial charge < -0.3 is 10.1 Å². The molecule has 0 aliphatic heterocycles. The number of carbonyl (C=O) groups excluding carboxylic acids is 1. The normalized spacial score (nSPS) is 10.7. The summed E-state index contributed by atoms with van der Waals surface area (Å²) < 4.78 is 6.87. The maximum atomic E-state index is 13.3. The SMILES string of the molecule is COc1cccc(-c2c(NC(=O)c3ccc(Cl)cc3Cl)n(-c3ccccc3)nc(C)c2=O)c1. The van der Waals surface area contributed by atoms with Crippen molar-refractivity contribution in [1.29, 1.82) is 0 Å². The summed E-state index contributed by atoms with van der Waals surface area (Å²) in [5.41, 5.74) is 1.70. The molecule has 6 nitrogen and oxygen atoms in total. The van der Waals surface area contributed by atoms with E-state index in [1.807, 2.05) is 30.3 Å². The smallest absolute Gasteiger partial charge is 0.258 e. The molecule has 0 unspecified atom stereocenters. The number of anilines is 1. The third-order valence-electron chi connectivity index (χ3n) is 5.02. The van der Waals surface area contributed by atoms with E-state index in [1.165, 1.54) is 16.8 Å². The van der Waals surface area contributed by atoms with Crippen LogP contribution in [-0.2, 0) is 0 Å². The minimum atomic E-state index is -0.504. The highest BCUT2D eigenvalue weighted by molar-refractivity contribution is 6.37. The number of amides is 1. The number of rotatable bonds is 5. The largest absolute Gasteiger partial charge is 0.497 e. The van der Waals surface area contributed by atoms with Crippen LogP contribution in [0.4, 0.5) is 5.82 Å². The quantitative estimate of drug-likeness (QED) is 0.393. The molecule has 1 aromatic heterocycles. The van der Waals surface area contributed by atoms with E-state index < -0.39 is 5.91 Å². The lowest BCUT2D eigenvalue weighted by Crippen LogP contribution is -2.25. The molecule has 0 saturated carbocycles. The van der Waals surface area contributed by atoms with Crippen LogP contribution < -0.4 is 15.5 Å². The van der Waals surface area contributed by atoms with Crippen molar-refractivity contribution in [2.45, 2.75) is 6.92 Å². The Hall–Kier alpha value is -3.61. The number of hydrogen-bond acceptors (Lipinski definition) is 4. The Bertz CT molecular complexity index is 1400. The van der Waals surface area contributed by atoms with E-state index in [1.54, 1.807) is 44.4 Å². The molecule has 0 fully saturated rings. The third-order valence-corrected chi connectivity index (χ3v) is 5.57. The van der Waals surface area contributed by atoms with Crippen LogP contribution in [0.25, 0.3) is 16.8 Å². The number of methoxy groups -OCH3 is 1.